The highest BCUT2D eigenvalue weighted by Crippen LogP contribution is 2.36. The average Bonchev–Trinajstić information content (AvgIpc) is 2.99. The molecule has 0 aliphatic carbocycles. The first-order valence-corrected chi connectivity index (χ1v) is 10.9. The fourth-order valence-electron chi connectivity index (χ4n) is 3.15. The molecule has 8 heteroatoms. The van der Waals surface area contributed by atoms with E-state index in [-0.39, 0.29) is 25.0 Å². The number of rotatable bonds is 6. The second-order valence-corrected chi connectivity index (χ2v) is 8.44. The summed E-state index contributed by atoms with van der Waals surface area (Å²) in [4.78, 5) is 40.9. The van der Waals surface area contributed by atoms with E-state index in [2.05, 4.69) is 5.32 Å². The number of anilines is 2. The Bertz CT molecular complexity index is 923. The summed E-state index contributed by atoms with van der Waals surface area (Å²) < 4.78 is 5.17. The first-order chi connectivity index (χ1) is 13.5. The molecular weight excluding hydrogens is 396 g/mol. The summed E-state index contributed by atoms with van der Waals surface area (Å²) in [6.07, 6.45) is 0.668. The van der Waals surface area contributed by atoms with Crippen LogP contribution < -0.4 is 10.2 Å². The van der Waals surface area contributed by atoms with Crippen molar-refractivity contribution in [1.82, 2.24) is 0 Å². The Morgan fingerprint density at radius 1 is 1.25 bits per heavy atom. The molecular formula is C20H22N2O4S2. The number of esters is 1. The lowest BCUT2D eigenvalue weighted by molar-refractivity contribution is -0.120. The fourth-order valence-corrected chi connectivity index (χ4v) is 5.23. The molecule has 1 aromatic carbocycles. The first kappa shape index (κ1) is 20.4. The minimum absolute atomic E-state index is 0.100. The number of hydrogen-bond acceptors (Lipinski definition) is 6. The zero-order valence-electron chi connectivity index (χ0n) is 16.0. The van der Waals surface area contributed by atoms with Crippen LogP contribution in [0.3, 0.4) is 0 Å². The molecule has 0 saturated carbocycles. The van der Waals surface area contributed by atoms with E-state index in [1.165, 1.54) is 28.0 Å². The summed E-state index contributed by atoms with van der Waals surface area (Å²) in [6, 6.07) is 7.53. The Labute approximate surface area is 172 Å². The lowest BCUT2D eigenvalue weighted by Gasteiger charge is -2.28. The van der Waals surface area contributed by atoms with Crippen LogP contribution in [0.4, 0.5) is 10.7 Å². The standard InChI is InChI=1S/C20H22N2O4S2/c1-4-13-12(3)28-19(18(13)20(25)26-5-2)21-16(23)10-22-14-8-6-7-9-15(14)27-11-17(22)24/h6-9H,4-5,10-11H2,1-3H3,(H,21,23). The largest absolute Gasteiger partial charge is 0.462 e. The molecule has 1 aliphatic heterocycles. The van der Waals surface area contributed by atoms with Crippen molar-refractivity contribution in [1.29, 1.82) is 0 Å². The lowest BCUT2D eigenvalue weighted by atomic mass is 10.1. The van der Waals surface area contributed by atoms with Crippen LogP contribution in [-0.4, -0.2) is 36.7 Å². The van der Waals surface area contributed by atoms with Gasteiger partial charge in [-0.3, -0.25) is 9.59 Å². The van der Waals surface area contributed by atoms with Gasteiger partial charge in [-0.2, -0.15) is 0 Å². The van der Waals surface area contributed by atoms with Crippen LogP contribution in [0, 0.1) is 6.92 Å². The van der Waals surface area contributed by atoms with Crippen LogP contribution in [0.2, 0.25) is 0 Å². The van der Waals surface area contributed by atoms with Gasteiger partial charge < -0.3 is 15.0 Å². The molecule has 0 unspecified atom stereocenters. The fraction of sp³-hybridized carbons (Fsp3) is 0.350. The van der Waals surface area contributed by atoms with Gasteiger partial charge in [0.2, 0.25) is 11.8 Å². The molecule has 1 N–H and O–H groups in total. The SMILES string of the molecule is CCOC(=O)c1c(NC(=O)CN2C(=O)CSc3ccccc32)sc(C)c1CC. The average molecular weight is 419 g/mol. The third-order valence-corrected chi connectivity index (χ3v) is 6.52. The van der Waals surface area contributed by atoms with Crippen molar-refractivity contribution >= 4 is 51.6 Å². The number of ether oxygens (including phenoxy) is 1. The van der Waals surface area contributed by atoms with Gasteiger partial charge in [-0.1, -0.05) is 19.1 Å². The molecule has 0 saturated heterocycles. The van der Waals surface area contributed by atoms with Gasteiger partial charge in [0.25, 0.3) is 0 Å². The minimum Gasteiger partial charge on any atom is -0.462 e. The van der Waals surface area contributed by atoms with E-state index in [1.54, 1.807) is 6.92 Å². The number of carbonyl (C=O) groups is 3. The predicted octanol–water partition coefficient (Wildman–Crippen LogP) is 3.87. The van der Waals surface area contributed by atoms with Gasteiger partial charge in [-0.25, -0.2) is 4.79 Å². The predicted molar refractivity (Wildman–Crippen MR) is 113 cm³/mol. The summed E-state index contributed by atoms with van der Waals surface area (Å²) in [5, 5.41) is 3.30. The van der Waals surface area contributed by atoms with E-state index in [9.17, 15) is 14.4 Å². The number of para-hydroxylation sites is 1. The van der Waals surface area contributed by atoms with Crippen LogP contribution in [0.15, 0.2) is 29.2 Å². The Balaban J connectivity index is 1.83. The van der Waals surface area contributed by atoms with E-state index in [0.29, 0.717) is 22.7 Å². The van der Waals surface area contributed by atoms with Gasteiger partial charge in [-0.05, 0) is 38.0 Å². The van der Waals surface area contributed by atoms with Crippen molar-refractivity contribution in [3.05, 3.63) is 40.3 Å². The summed E-state index contributed by atoms with van der Waals surface area (Å²) >= 11 is 2.83. The molecule has 0 spiro atoms. The highest BCUT2D eigenvalue weighted by Gasteiger charge is 2.28. The normalized spacial score (nSPS) is 13.2. The van der Waals surface area contributed by atoms with Crippen molar-refractivity contribution in [2.24, 2.45) is 0 Å². The molecule has 3 rings (SSSR count). The van der Waals surface area contributed by atoms with Gasteiger partial charge in [0, 0.05) is 9.77 Å². The number of fused-ring (bicyclic) bond motifs is 1. The Kier molecular flexibility index (Phi) is 6.41. The maximum atomic E-state index is 12.7. The summed E-state index contributed by atoms with van der Waals surface area (Å²) in [7, 11) is 0. The summed E-state index contributed by atoms with van der Waals surface area (Å²) in [5.41, 5.74) is 2.04. The molecule has 148 valence electrons. The number of aryl methyl sites for hydroxylation is 1. The molecule has 28 heavy (non-hydrogen) atoms. The molecule has 0 bridgehead atoms. The van der Waals surface area contributed by atoms with E-state index in [1.807, 2.05) is 38.1 Å². The smallest absolute Gasteiger partial charge is 0.341 e. The molecule has 1 aliphatic rings. The van der Waals surface area contributed by atoms with E-state index in [4.69, 9.17) is 4.74 Å². The number of nitrogens with one attached hydrogen (secondary N) is 1. The molecule has 2 aromatic rings. The molecule has 0 radical (unpaired) electrons. The first-order valence-electron chi connectivity index (χ1n) is 9.07. The highest BCUT2D eigenvalue weighted by atomic mass is 32.2. The van der Waals surface area contributed by atoms with E-state index in [0.717, 1.165) is 21.0 Å². The second-order valence-electron chi connectivity index (χ2n) is 6.20. The zero-order valence-corrected chi connectivity index (χ0v) is 17.7. The number of nitrogens with zero attached hydrogens (tertiary/aromatic N) is 1. The van der Waals surface area contributed by atoms with Crippen LogP contribution in [0.5, 0.6) is 0 Å². The van der Waals surface area contributed by atoms with Crippen LogP contribution in [0.1, 0.15) is 34.6 Å². The van der Waals surface area contributed by atoms with Gasteiger partial charge in [0.05, 0.1) is 23.6 Å². The van der Waals surface area contributed by atoms with Crippen molar-refractivity contribution in [3.8, 4) is 0 Å². The maximum Gasteiger partial charge on any atom is 0.341 e. The van der Waals surface area contributed by atoms with E-state index < -0.39 is 5.97 Å². The summed E-state index contributed by atoms with van der Waals surface area (Å²) in [6.45, 7) is 5.80. The van der Waals surface area contributed by atoms with Crippen molar-refractivity contribution in [2.75, 3.05) is 29.1 Å². The Morgan fingerprint density at radius 2 is 2.00 bits per heavy atom. The van der Waals surface area contributed by atoms with Crippen LogP contribution in [0.25, 0.3) is 0 Å². The third kappa shape index (κ3) is 4.07. The Morgan fingerprint density at radius 3 is 2.71 bits per heavy atom. The van der Waals surface area contributed by atoms with Gasteiger partial charge in [-0.15, -0.1) is 23.1 Å². The Hall–Kier alpha value is -2.32. The zero-order chi connectivity index (χ0) is 20.3. The van der Waals surface area contributed by atoms with E-state index >= 15 is 0 Å². The number of thiophene rings is 1. The number of benzene rings is 1. The van der Waals surface area contributed by atoms with Gasteiger partial charge in [0.15, 0.2) is 0 Å². The number of amides is 2. The van der Waals surface area contributed by atoms with Crippen LogP contribution in [-0.2, 0) is 20.7 Å². The highest BCUT2D eigenvalue weighted by molar-refractivity contribution is 8.00. The molecule has 0 atom stereocenters. The van der Waals surface area contributed by atoms with Crippen molar-refractivity contribution < 1.29 is 19.1 Å². The molecule has 2 amide bonds. The second kappa shape index (κ2) is 8.79. The van der Waals surface area contributed by atoms with Crippen LogP contribution >= 0.6 is 23.1 Å². The van der Waals surface area contributed by atoms with Crippen molar-refractivity contribution in [3.63, 3.8) is 0 Å². The quantitative estimate of drug-likeness (QED) is 0.721. The third-order valence-electron chi connectivity index (χ3n) is 4.41. The van der Waals surface area contributed by atoms with Gasteiger partial charge >= 0.3 is 5.97 Å². The maximum absolute atomic E-state index is 12.7. The van der Waals surface area contributed by atoms with Gasteiger partial charge in [0.1, 0.15) is 11.5 Å². The molecule has 2 heterocycles. The topological polar surface area (TPSA) is 75.7 Å². The molecule has 0 fully saturated rings. The molecule has 1 aromatic heterocycles. The number of hydrogen-bond donors (Lipinski definition) is 1. The number of thioether (sulfide) groups is 1. The van der Waals surface area contributed by atoms with Crippen molar-refractivity contribution in [2.45, 2.75) is 32.1 Å². The minimum atomic E-state index is -0.435. The summed E-state index contributed by atoms with van der Waals surface area (Å²) in [5.74, 6) is -0.586. The number of carbonyl (C=O) groups excluding carboxylic acids is 3. The molecule has 6 nitrogen and oxygen atoms in total. The lowest BCUT2D eigenvalue weighted by Crippen LogP contribution is -2.41. The monoisotopic (exact) mass is 418 g/mol.